The molecule has 64 valence electrons. The van der Waals surface area contributed by atoms with Crippen molar-refractivity contribution in [2.45, 2.75) is 13.0 Å². The Kier molecular flexibility index (Phi) is 3.41. The van der Waals surface area contributed by atoms with E-state index in [0.717, 1.165) is 24.2 Å². The molecule has 1 rings (SSSR count). The molecule has 0 aliphatic rings. The van der Waals surface area contributed by atoms with Gasteiger partial charge >= 0.3 is 0 Å². The minimum absolute atomic E-state index is 0.400. The number of rotatable bonds is 4. The fraction of sp³-hybridized carbons (Fsp3) is 0.333. The summed E-state index contributed by atoms with van der Waals surface area (Å²) in [6.45, 7) is 0.743. The van der Waals surface area contributed by atoms with Gasteiger partial charge < -0.3 is 10.1 Å². The number of carbonyl (C=O) groups is 1. The van der Waals surface area contributed by atoms with E-state index in [2.05, 4.69) is 10.3 Å². The molecule has 0 atom stereocenters. The standard InChI is InChI=1S/C9H12N2O/c1-10-7-9-4-2-3-8(11-9)5-6-12/h2-4,6,10H,5,7H2,1H3. The van der Waals surface area contributed by atoms with Gasteiger partial charge in [-0.25, -0.2) is 0 Å². The lowest BCUT2D eigenvalue weighted by molar-refractivity contribution is -0.107. The summed E-state index contributed by atoms with van der Waals surface area (Å²) in [5.41, 5.74) is 1.80. The first kappa shape index (κ1) is 8.87. The van der Waals surface area contributed by atoms with E-state index in [-0.39, 0.29) is 0 Å². The van der Waals surface area contributed by atoms with Crippen molar-refractivity contribution in [3.05, 3.63) is 29.6 Å². The Morgan fingerprint density at radius 1 is 1.50 bits per heavy atom. The first-order chi connectivity index (χ1) is 5.86. The van der Waals surface area contributed by atoms with Crippen molar-refractivity contribution in [1.82, 2.24) is 10.3 Å². The van der Waals surface area contributed by atoms with Gasteiger partial charge in [-0.15, -0.1) is 0 Å². The van der Waals surface area contributed by atoms with Crippen LogP contribution in [0.15, 0.2) is 18.2 Å². The van der Waals surface area contributed by atoms with Crippen LogP contribution in [0.25, 0.3) is 0 Å². The molecule has 0 unspecified atom stereocenters. The van der Waals surface area contributed by atoms with E-state index in [1.807, 2.05) is 25.2 Å². The predicted molar refractivity (Wildman–Crippen MR) is 46.8 cm³/mol. The van der Waals surface area contributed by atoms with Crippen LogP contribution in [0.4, 0.5) is 0 Å². The third kappa shape index (κ3) is 2.43. The smallest absolute Gasteiger partial charge is 0.125 e. The molecule has 3 heteroatoms. The van der Waals surface area contributed by atoms with Crippen LogP contribution in [-0.4, -0.2) is 18.3 Å². The second-order valence-corrected chi connectivity index (χ2v) is 2.52. The number of nitrogens with one attached hydrogen (secondary N) is 1. The van der Waals surface area contributed by atoms with E-state index in [0.29, 0.717) is 6.42 Å². The van der Waals surface area contributed by atoms with Crippen molar-refractivity contribution in [3.63, 3.8) is 0 Å². The maximum atomic E-state index is 10.2. The summed E-state index contributed by atoms with van der Waals surface area (Å²) in [5, 5.41) is 3.00. The molecular formula is C9H12N2O. The first-order valence-electron chi connectivity index (χ1n) is 3.90. The zero-order chi connectivity index (χ0) is 8.81. The second-order valence-electron chi connectivity index (χ2n) is 2.52. The molecular weight excluding hydrogens is 152 g/mol. The topological polar surface area (TPSA) is 42.0 Å². The monoisotopic (exact) mass is 164 g/mol. The van der Waals surface area contributed by atoms with Gasteiger partial charge in [0.1, 0.15) is 6.29 Å². The maximum Gasteiger partial charge on any atom is 0.125 e. The van der Waals surface area contributed by atoms with E-state index in [1.165, 1.54) is 0 Å². The Labute approximate surface area is 71.8 Å². The maximum absolute atomic E-state index is 10.2. The molecule has 1 N–H and O–H groups in total. The van der Waals surface area contributed by atoms with Gasteiger partial charge in [0.2, 0.25) is 0 Å². The van der Waals surface area contributed by atoms with Crippen LogP contribution in [0, 0.1) is 0 Å². The lowest BCUT2D eigenvalue weighted by Crippen LogP contribution is -2.07. The molecule has 0 aromatic carbocycles. The van der Waals surface area contributed by atoms with Crippen molar-refractivity contribution in [3.8, 4) is 0 Å². The molecule has 0 spiro atoms. The molecule has 0 aliphatic heterocycles. The average Bonchev–Trinajstić information content (AvgIpc) is 2.06. The van der Waals surface area contributed by atoms with Crippen LogP contribution in [0.1, 0.15) is 11.4 Å². The van der Waals surface area contributed by atoms with Crippen molar-refractivity contribution in [1.29, 1.82) is 0 Å². The molecule has 0 aliphatic carbocycles. The molecule has 1 aromatic rings. The lowest BCUT2D eigenvalue weighted by atomic mass is 10.2. The van der Waals surface area contributed by atoms with Gasteiger partial charge in [0, 0.05) is 18.7 Å². The van der Waals surface area contributed by atoms with Gasteiger partial charge in [0.05, 0.1) is 5.69 Å². The molecule has 0 fully saturated rings. The number of nitrogens with zero attached hydrogens (tertiary/aromatic N) is 1. The molecule has 0 saturated carbocycles. The Bertz CT molecular complexity index is 260. The molecule has 0 amide bonds. The summed E-state index contributed by atoms with van der Waals surface area (Å²) in [6.07, 6.45) is 1.27. The number of carbonyl (C=O) groups excluding carboxylic acids is 1. The van der Waals surface area contributed by atoms with Crippen molar-refractivity contribution >= 4 is 6.29 Å². The molecule has 12 heavy (non-hydrogen) atoms. The molecule has 1 aromatic heterocycles. The van der Waals surface area contributed by atoms with Crippen molar-refractivity contribution in [2.75, 3.05) is 7.05 Å². The van der Waals surface area contributed by atoms with Crippen molar-refractivity contribution in [2.24, 2.45) is 0 Å². The normalized spacial score (nSPS) is 9.75. The number of hydrogen-bond acceptors (Lipinski definition) is 3. The highest BCUT2D eigenvalue weighted by molar-refractivity contribution is 5.53. The predicted octanol–water partition coefficient (Wildman–Crippen LogP) is 0.542. The Morgan fingerprint density at radius 3 is 2.92 bits per heavy atom. The van der Waals surface area contributed by atoms with E-state index < -0.39 is 0 Å². The van der Waals surface area contributed by atoms with Gasteiger partial charge in [-0.05, 0) is 19.2 Å². The third-order valence-corrected chi connectivity index (χ3v) is 1.51. The van der Waals surface area contributed by atoms with E-state index in [4.69, 9.17) is 0 Å². The highest BCUT2D eigenvalue weighted by Gasteiger charge is 1.95. The Balaban J connectivity index is 2.73. The van der Waals surface area contributed by atoms with Crippen LogP contribution < -0.4 is 5.32 Å². The summed E-state index contributed by atoms with van der Waals surface area (Å²) >= 11 is 0. The molecule has 0 radical (unpaired) electrons. The SMILES string of the molecule is CNCc1cccc(CC=O)n1. The molecule has 1 heterocycles. The minimum Gasteiger partial charge on any atom is -0.314 e. The van der Waals surface area contributed by atoms with Gasteiger partial charge in [-0.1, -0.05) is 6.07 Å². The Morgan fingerprint density at radius 2 is 2.25 bits per heavy atom. The first-order valence-corrected chi connectivity index (χ1v) is 3.90. The number of hydrogen-bond donors (Lipinski definition) is 1. The lowest BCUT2D eigenvalue weighted by Gasteiger charge is -2.00. The van der Waals surface area contributed by atoms with E-state index in [9.17, 15) is 4.79 Å². The van der Waals surface area contributed by atoms with Gasteiger partial charge in [-0.3, -0.25) is 4.98 Å². The zero-order valence-electron chi connectivity index (χ0n) is 7.08. The summed E-state index contributed by atoms with van der Waals surface area (Å²) in [4.78, 5) is 14.4. The second kappa shape index (κ2) is 4.62. The number of pyridine rings is 1. The van der Waals surface area contributed by atoms with E-state index >= 15 is 0 Å². The third-order valence-electron chi connectivity index (χ3n) is 1.51. The fourth-order valence-corrected chi connectivity index (χ4v) is 1.01. The fourth-order valence-electron chi connectivity index (χ4n) is 1.01. The summed E-state index contributed by atoms with van der Waals surface area (Å²) in [7, 11) is 1.87. The minimum atomic E-state index is 0.400. The van der Waals surface area contributed by atoms with Crippen molar-refractivity contribution < 1.29 is 4.79 Å². The van der Waals surface area contributed by atoms with E-state index in [1.54, 1.807) is 0 Å². The van der Waals surface area contributed by atoms with Crippen LogP contribution in [0.3, 0.4) is 0 Å². The van der Waals surface area contributed by atoms with Crippen LogP contribution >= 0.6 is 0 Å². The molecule has 0 bridgehead atoms. The number of aldehydes is 1. The van der Waals surface area contributed by atoms with Gasteiger partial charge in [0.25, 0.3) is 0 Å². The van der Waals surface area contributed by atoms with Crippen LogP contribution in [0.5, 0.6) is 0 Å². The summed E-state index contributed by atoms with van der Waals surface area (Å²) in [5.74, 6) is 0. The largest absolute Gasteiger partial charge is 0.314 e. The van der Waals surface area contributed by atoms with Crippen LogP contribution in [-0.2, 0) is 17.8 Å². The highest BCUT2D eigenvalue weighted by Crippen LogP contribution is 1.98. The quantitative estimate of drug-likeness (QED) is 0.660. The van der Waals surface area contributed by atoms with Gasteiger partial charge in [0.15, 0.2) is 0 Å². The highest BCUT2D eigenvalue weighted by atomic mass is 16.1. The summed E-state index contributed by atoms with van der Waals surface area (Å²) < 4.78 is 0. The Hall–Kier alpha value is -1.22. The summed E-state index contributed by atoms with van der Waals surface area (Å²) in [6, 6.07) is 5.71. The number of aromatic nitrogens is 1. The molecule has 3 nitrogen and oxygen atoms in total. The van der Waals surface area contributed by atoms with Gasteiger partial charge in [-0.2, -0.15) is 0 Å². The van der Waals surface area contributed by atoms with Crippen LogP contribution in [0.2, 0.25) is 0 Å². The molecule has 0 saturated heterocycles. The average molecular weight is 164 g/mol. The zero-order valence-corrected chi connectivity index (χ0v) is 7.08.